The van der Waals surface area contributed by atoms with Gasteiger partial charge in [0.25, 0.3) is 0 Å². The molecule has 0 heterocycles. The first-order valence-corrected chi connectivity index (χ1v) is 8.04. The van der Waals surface area contributed by atoms with Gasteiger partial charge in [-0.2, -0.15) is 13.2 Å². The minimum Gasteiger partial charge on any atom is -0.383 e. The molecule has 0 fully saturated rings. The lowest BCUT2D eigenvalue weighted by Gasteiger charge is -2.13. The highest BCUT2D eigenvalue weighted by atomic mass is 32.2. The van der Waals surface area contributed by atoms with Crippen LogP contribution in [0.25, 0.3) is 0 Å². The van der Waals surface area contributed by atoms with Crippen LogP contribution < -0.4 is 10.0 Å². The number of halogens is 3. The molecule has 0 saturated carbocycles. The third-order valence-electron chi connectivity index (χ3n) is 2.90. The second-order valence-electron chi connectivity index (χ2n) is 4.62. The Labute approximate surface area is 127 Å². The molecule has 0 aliphatic heterocycles. The molecule has 0 aliphatic carbocycles. The average Bonchev–Trinajstić information content (AvgIpc) is 2.41. The number of ether oxygens (including phenoxy) is 1. The summed E-state index contributed by atoms with van der Waals surface area (Å²) in [5, 5.41) is 2.92. The monoisotopic (exact) mass is 340 g/mol. The number of hydrogen-bond acceptors (Lipinski definition) is 4. The van der Waals surface area contributed by atoms with Crippen LogP contribution in [0.2, 0.25) is 0 Å². The maximum Gasteiger partial charge on any atom is 0.416 e. The summed E-state index contributed by atoms with van der Waals surface area (Å²) in [6.45, 7) is 2.74. The fraction of sp³-hybridized carbons (Fsp3) is 0.538. The third kappa shape index (κ3) is 5.56. The topological polar surface area (TPSA) is 67.4 Å². The van der Waals surface area contributed by atoms with Gasteiger partial charge in [0, 0.05) is 26.7 Å². The molecular formula is C13H19F3N2O3S. The van der Waals surface area contributed by atoms with Gasteiger partial charge in [-0.1, -0.05) is 6.07 Å². The molecule has 1 aromatic carbocycles. The third-order valence-corrected chi connectivity index (χ3v) is 4.36. The van der Waals surface area contributed by atoms with Gasteiger partial charge < -0.3 is 10.1 Å². The van der Waals surface area contributed by atoms with E-state index in [4.69, 9.17) is 4.74 Å². The SMILES string of the molecule is COCCNCCNS(=O)(=O)c1ccc(C)c(C(F)(F)F)c1. The summed E-state index contributed by atoms with van der Waals surface area (Å²) in [5.41, 5.74) is -0.971. The normalized spacial score (nSPS) is 12.6. The summed E-state index contributed by atoms with van der Waals surface area (Å²) in [7, 11) is -2.43. The van der Waals surface area contributed by atoms with Crippen LogP contribution in [-0.4, -0.2) is 41.8 Å². The number of hydrogen-bond donors (Lipinski definition) is 2. The van der Waals surface area contributed by atoms with Gasteiger partial charge in [-0.3, -0.25) is 0 Å². The van der Waals surface area contributed by atoms with E-state index >= 15 is 0 Å². The Morgan fingerprint density at radius 2 is 1.86 bits per heavy atom. The molecular weight excluding hydrogens is 321 g/mol. The molecule has 0 saturated heterocycles. The molecule has 0 aromatic heterocycles. The van der Waals surface area contributed by atoms with Crippen molar-refractivity contribution in [2.24, 2.45) is 0 Å². The predicted octanol–water partition coefficient (Wildman–Crippen LogP) is 1.53. The quantitative estimate of drug-likeness (QED) is 0.705. The summed E-state index contributed by atoms with van der Waals surface area (Å²) >= 11 is 0. The minimum absolute atomic E-state index is 0.0207. The predicted molar refractivity (Wildman–Crippen MR) is 76.1 cm³/mol. The van der Waals surface area contributed by atoms with Crippen molar-refractivity contribution in [1.29, 1.82) is 0 Å². The van der Waals surface area contributed by atoms with Crippen molar-refractivity contribution in [2.45, 2.75) is 18.0 Å². The number of methoxy groups -OCH3 is 1. The number of alkyl halides is 3. The number of aryl methyl sites for hydroxylation is 1. The molecule has 1 aromatic rings. The van der Waals surface area contributed by atoms with Crippen molar-refractivity contribution in [2.75, 3.05) is 33.4 Å². The molecule has 5 nitrogen and oxygen atoms in total. The Hall–Kier alpha value is -1.16. The molecule has 0 bridgehead atoms. The van der Waals surface area contributed by atoms with E-state index < -0.39 is 26.7 Å². The highest BCUT2D eigenvalue weighted by molar-refractivity contribution is 7.89. The summed E-state index contributed by atoms with van der Waals surface area (Å²) in [4.78, 5) is -0.401. The first kappa shape index (κ1) is 18.9. The zero-order chi connectivity index (χ0) is 16.8. The van der Waals surface area contributed by atoms with Crippen molar-refractivity contribution in [1.82, 2.24) is 10.0 Å². The van der Waals surface area contributed by atoms with Crippen molar-refractivity contribution in [3.05, 3.63) is 29.3 Å². The lowest BCUT2D eigenvalue weighted by Crippen LogP contribution is -2.33. The minimum atomic E-state index is -4.59. The largest absolute Gasteiger partial charge is 0.416 e. The standard InChI is InChI=1S/C13H19F3N2O3S/c1-10-3-4-11(9-12(10)13(14,15)16)22(19,20)18-6-5-17-7-8-21-2/h3-4,9,17-18H,5-8H2,1-2H3. The number of nitrogens with one attached hydrogen (secondary N) is 2. The Kier molecular flexibility index (Phi) is 6.79. The first-order valence-electron chi connectivity index (χ1n) is 6.55. The van der Waals surface area contributed by atoms with E-state index in [9.17, 15) is 21.6 Å². The van der Waals surface area contributed by atoms with E-state index in [1.54, 1.807) is 7.11 Å². The Balaban J connectivity index is 2.73. The van der Waals surface area contributed by atoms with Crippen LogP contribution in [0.15, 0.2) is 23.1 Å². The van der Waals surface area contributed by atoms with Crippen molar-refractivity contribution < 1.29 is 26.3 Å². The highest BCUT2D eigenvalue weighted by Gasteiger charge is 2.33. The summed E-state index contributed by atoms with van der Waals surface area (Å²) in [5.74, 6) is 0. The van der Waals surface area contributed by atoms with Crippen LogP contribution in [0.5, 0.6) is 0 Å². The van der Waals surface area contributed by atoms with E-state index in [0.29, 0.717) is 25.8 Å². The van der Waals surface area contributed by atoms with E-state index in [0.717, 1.165) is 12.1 Å². The molecule has 22 heavy (non-hydrogen) atoms. The molecule has 9 heteroatoms. The molecule has 126 valence electrons. The van der Waals surface area contributed by atoms with Crippen molar-refractivity contribution in [3.63, 3.8) is 0 Å². The van der Waals surface area contributed by atoms with Crippen LogP contribution in [-0.2, 0) is 20.9 Å². The van der Waals surface area contributed by atoms with E-state index in [2.05, 4.69) is 10.0 Å². The summed E-state index contributed by atoms with van der Waals surface area (Å²) in [6.07, 6.45) is -4.59. The first-order chi connectivity index (χ1) is 10.2. The Morgan fingerprint density at radius 3 is 2.45 bits per heavy atom. The number of rotatable bonds is 8. The molecule has 0 spiro atoms. The molecule has 0 unspecified atom stereocenters. The van der Waals surface area contributed by atoms with Crippen LogP contribution in [0.3, 0.4) is 0 Å². The lowest BCUT2D eigenvalue weighted by atomic mass is 10.1. The van der Waals surface area contributed by atoms with Gasteiger partial charge >= 0.3 is 6.18 Å². The summed E-state index contributed by atoms with van der Waals surface area (Å²) in [6, 6.07) is 2.95. The van der Waals surface area contributed by atoms with E-state index in [1.807, 2.05) is 0 Å². The van der Waals surface area contributed by atoms with E-state index in [1.165, 1.54) is 6.92 Å². The molecule has 1 rings (SSSR count). The van der Waals surface area contributed by atoms with Crippen LogP contribution in [0.4, 0.5) is 13.2 Å². The average molecular weight is 340 g/mol. The van der Waals surface area contributed by atoms with Crippen molar-refractivity contribution >= 4 is 10.0 Å². The second kappa shape index (κ2) is 7.91. The highest BCUT2D eigenvalue weighted by Crippen LogP contribution is 2.33. The lowest BCUT2D eigenvalue weighted by molar-refractivity contribution is -0.138. The van der Waals surface area contributed by atoms with Gasteiger partial charge in [-0.25, -0.2) is 13.1 Å². The molecule has 0 radical (unpaired) electrons. The zero-order valence-electron chi connectivity index (χ0n) is 12.3. The van der Waals surface area contributed by atoms with Crippen LogP contribution in [0.1, 0.15) is 11.1 Å². The fourth-order valence-electron chi connectivity index (χ4n) is 1.73. The van der Waals surface area contributed by atoms with Crippen LogP contribution >= 0.6 is 0 Å². The number of sulfonamides is 1. The zero-order valence-corrected chi connectivity index (χ0v) is 13.1. The Morgan fingerprint density at radius 1 is 1.18 bits per heavy atom. The molecule has 0 aliphatic rings. The van der Waals surface area contributed by atoms with Gasteiger partial charge in [0.05, 0.1) is 17.1 Å². The van der Waals surface area contributed by atoms with Gasteiger partial charge in [0.2, 0.25) is 10.0 Å². The van der Waals surface area contributed by atoms with Gasteiger partial charge in [0.1, 0.15) is 0 Å². The van der Waals surface area contributed by atoms with E-state index in [-0.39, 0.29) is 12.1 Å². The fourth-order valence-corrected chi connectivity index (χ4v) is 2.79. The van der Waals surface area contributed by atoms with Gasteiger partial charge in [-0.15, -0.1) is 0 Å². The molecule has 2 N–H and O–H groups in total. The smallest absolute Gasteiger partial charge is 0.383 e. The maximum absolute atomic E-state index is 12.8. The maximum atomic E-state index is 12.8. The molecule has 0 atom stereocenters. The van der Waals surface area contributed by atoms with Crippen LogP contribution in [0, 0.1) is 6.92 Å². The molecule has 0 amide bonds. The Bertz CT molecular complexity index is 589. The number of benzene rings is 1. The second-order valence-corrected chi connectivity index (χ2v) is 6.38. The van der Waals surface area contributed by atoms with Gasteiger partial charge in [-0.05, 0) is 24.6 Å². The van der Waals surface area contributed by atoms with Crippen molar-refractivity contribution in [3.8, 4) is 0 Å². The summed E-state index contributed by atoms with van der Waals surface area (Å²) < 4.78 is 69.4. The van der Waals surface area contributed by atoms with Gasteiger partial charge in [0.15, 0.2) is 0 Å².